The third-order valence-electron chi connectivity index (χ3n) is 10.5. The molecule has 0 amide bonds. The minimum atomic E-state index is 0.916. The van der Waals surface area contributed by atoms with Crippen LogP contribution in [0.25, 0.3) is 99.2 Å². The maximum absolute atomic E-state index is 6.08. The number of hydrogen-bond acceptors (Lipinski definition) is 1. The molecule has 3 nitrogen and oxygen atoms in total. The fourth-order valence-corrected chi connectivity index (χ4v) is 8.17. The van der Waals surface area contributed by atoms with Crippen molar-refractivity contribution in [3.63, 3.8) is 0 Å². The van der Waals surface area contributed by atoms with E-state index >= 15 is 0 Å². The van der Waals surface area contributed by atoms with E-state index in [-0.39, 0.29) is 0 Å². The van der Waals surface area contributed by atoms with Crippen molar-refractivity contribution >= 4 is 65.6 Å². The van der Waals surface area contributed by atoms with Gasteiger partial charge in [0.05, 0.1) is 22.1 Å². The van der Waals surface area contributed by atoms with E-state index in [0.29, 0.717) is 0 Å². The van der Waals surface area contributed by atoms with E-state index in [1.54, 1.807) is 0 Å². The van der Waals surface area contributed by atoms with Crippen LogP contribution in [0.15, 0.2) is 186 Å². The van der Waals surface area contributed by atoms with Crippen molar-refractivity contribution in [2.75, 3.05) is 0 Å². The van der Waals surface area contributed by atoms with Gasteiger partial charge in [-0.05, 0) is 95.1 Å². The van der Waals surface area contributed by atoms with Gasteiger partial charge >= 0.3 is 0 Å². The second-order valence-corrected chi connectivity index (χ2v) is 13.4. The van der Waals surface area contributed by atoms with Gasteiger partial charge in [0.25, 0.3) is 0 Å². The van der Waals surface area contributed by atoms with E-state index in [4.69, 9.17) is 4.42 Å². The molecule has 0 aliphatic rings. The topological polar surface area (TPSA) is 23.0 Å². The summed E-state index contributed by atoms with van der Waals surface area (Å²) in [6.07, 6.45) is 0. The molecule has 3 heteroatoms. The van der Waals surface area contributed by atoms with E-state index in [9.17, 15) is 0 Å². The predicted octanol–water partition coefficient (Wildman–Crippen LogP) is 13.1. The second-order valence-electron chi connectivity index (χ2n) is 13.4. The third-order valence-corrected chi connectivity index (χ3v) is 10.5. The summed E-state index contributed by atoms with van der Waals surface area (Å²) < 4.78 is 10.9. The van der Waals surface area contributed by atoms with Crippen LogP contribution in [0.1, 0.15) is 0 Å². The average molecular weight is 651 g/mol. The fourth-order valence-electron chi connectivity index (χ4n) is 8.17. The number of nitrogens with zero attached hydrogens (tertiary/aromatic N) is 2. The molecule has 0 unspecified atom stereocenters. The number of aromatic nitrogens is 2. The van der Waals surface area contributed by atoms with Crippen LogP contribution in [-0.4, -0.2) is 9.13 Å². The summed E-state index contributed by atoms with van der Waals surface area (Å²) in [5, 5.41) is 7.32. The van der Waals surface area contributed by atoms with Crippen molar-refractivity contribution < 1.29 is 4.42 Å². The Labute approximate surface area is 293 Å². The highest BCUT2D eigenvalue weighted by Gasteiger charge is 2.16. The van der Waals surface area contributed by atoms with Gasteiger partial charge in [-0.2, -0.15) is 0 Å². The average Bonchev–Trinajstić information content (AvgIpc) is 3.85. The van der Waals surface area contributed by atoms with Crippen LogP contribution in [0.4, 0.5) is 0 Å². The zero-order valence-corrected chi connectivity index (χ0v) is 27.6. The highest BCUT2D eigenvalue weighted by atomic mass is 16.3. The quantitative estimate of drug-likeness (QED) is 0.186. The van der Waals surface area contributed by atoms with Gasteiger partial charge in [-0.15, -0.1) is 0 Å². The summed E-state index contributed by atoms with van der Waals surface area (Å²) in [5.74, 6) is 0. The molecule has 11 rings (SSSR count). The summed E-state index contributed by atoms with van der Waals surface area (Å²) in [6, 6.07) is 65.6. The van der Waals surface area contributed by atoms with E-state index in [1.165, 1.54) is 65.9 Å². The van der Waals surface area contributed by atoms with Crippen molar-refractivity contribution in [1.82, 2.24) is 9.13 Å². The minimum Gasteiger partial charge on any atom is -0.456 e. The lowest BCUT2D eigenvalue weighted by Crippen LogP contribution is -1.96. The Morgan fingerprint density at radius 3 is 1.47 bits per heavy atom. The monoisotopic (exact) mass is 650 g/mol. The molecule has 3 heterocycles. The van der Waals surface area contributed by atoms with Crippen molar-refractivity contribution in [3.8, 4) is 33.6 Å². The highest BCUT2D eigenvalue weighted by molar-refractivity contribution is 6.12. The van der Waals surface area contributed by atoms with Crippen LogP contribution in [0, 0.1) is 0 Å². The van der Waals surface area contributed by atoms with Gasteiger partial charge in [0.2, 0.25) is 0 Å². The highest BCUT2D eigenvalue weighted by Crippen LogP contribution is 2.38. The van der Waals surface area contributed by atoms with Gasteiger partial charge in [0, 0.05) is 43.7 Å². The van der Waals surface area contributed by atoms with Crippen LogP contribution >= 0.6 is 0 Å². The number of hydrogen-bond donors (Lipinski definition) is 0. The number of benzene rings is 8. The molecule has 0 saturated heterocycles. The zero-order valence-electron chi connectivity index (χ0n) is 27.6. The largest absolute Gasteiger partial charge is 0.456 e. The first-order valence-corrected chi connectivity index (χ1v) is 17.4. The molecular formula is C48H30N2O. The van der Waals surface area contributed by atoms with Gasteiger partial charge in [-0.1, -0.05) is 109 Å². The van der Waals surface area contributed by atoms with Gasteiger partial charge in [-0.3, -0.25) is 0 Å². The number of furan rings is 1. The molecule has 0 radical (unpaired) electrons. The van der Waals surface area contributed by atoms with Crippen LogP contribution < -0.4 is 0 Å². The first-order chi connectivity index (χ1) is 25.3. The normalized spacial score (nSPS) is 11.9. The van der Waals surface area contributed by atoms with E-state index < -0.39 is 0 Å². The molecule has 0 atom stereocenters. The molecule has 0 saturated carbocycles. The minimum absolute atomic E-state index is 0.916. The summed E-state index contributed by atoms with van der Waals surface area (Å²) in [4.78, 5) is 0. The fraction of sp³-hybridized carbons (Fsp3) is 0. The molecule has 0 bridgehead atoms. The SMILES string of the molecule is c1cc(-c2ccc(-n3c4ccccc4c4cc(-n5c6ccccc6c6ccccc65)ccc43)cc2)cc(-c2ccc3oc4ccccc4c3c2)c1. The van der Waals surface area contributed by atoms with Crippen molar-refractivity contribution in [2.24, 2.45) is 0 Å². The Bertz CT molecular complexity index is 3080. The Balaban J connectivity index is 0.999. The molecule has 0 aliphatic carbocycles. The number of para-hydroxylation sites is 4. The van der Waals surface area contributed by atoms with Gasteiger partial charge in [0.15, 0.2) is 0 Å². The third kappa shape index (κ3) is 4.25. The van der Waals surface area contributed by atoms with Crippen molar-refractivity contribution in [3.05, 3.63) is 182 Å². The first-order valence-electron chi connectivity index (χ1n) is 17.4. The van der Waals surface area contributed by atoms with Crippen LogP contribution in [0.2, 0.25) is 0 Å². The van der Waals surface area contributed by atoms with Crippen LogP contribution in [0.3, 0.4) is 0 Å². The molecule has 3 aromatic heterocycles. The molecular weight excluding hydrogens is 621 g/mol. The van der Waals surface area contributed by atoms with Crippen molar-refractivity contribution in [1.29, 1.82) is 0 Å². The Hall–Kier alpha value is -6.84. The molecule has 0 aliphatic heterocycles. The van der Waals surface area contributed by atoms with E-state index in [2.05, 4.69) is 179 Å². The Kier molecular flexibility index (Phi) is 5.96. The van der Waals surface area contributed by atoms with Gasteiger partial charge in [0.1, 0.15) is 11.2 Å². The predicted molar refractivity (Wildman–Crippen MR) is 213 cm³/mol. The zero-order chi connectivity index (χ0) is 33.5. The lowest BCUT2D eigenvalue weighted by Gasteiger charge is -2.11. The van der Waals surface area contributed by atoms with E-state index in [1.807, 2.05) is 12.1 Å². The number of fused-ring (bicyclic) bond motifs is 9. The number of rotatable bonds is 4. The lowest BCUT2D eigenvalue weighted by molar-refractivity contribution is 0.669. The van der Waals surface area contributed by atoms with Crippen molar-refractivity contribution in [2.45, 2.75) is 0 Å². The second kappa shape index (κ2) is 10.8. The lowest BCUT2D eigenvalue weighted by atomic mass is 9.98. The maximum Gasteiger partial charge on any atom is 0.135 e. The van der Waals surface area contributed by atoms with E-state index in [0.717, 1.165) is 33.3 Å². The Morgan fingerprint density at radius 1 is 0.275 bits per heavy atom. The molecule has 238 valence electrons. The molecule has 8 aromatic carbocycles. The molecule has 0 spiro atoms. The maximum atomic E-state index is 6.08. The molecule has 51 heavy (non-hydrogen) atoms. The van der Waals surface area contributed by atoms with Crippen LogP contribution in [0.5, 0.6) is 0 Å². The summed E-state index contributed by atoms with van der Waals surface area (Å²) in [5.41, 5.74) is 13.7. The molecule has 0 N–H and O–H groups in total. The molecule has 0 fully saturated rings. The summed E-state index contributed by atoms with van der Waals surface area (Å²) in [7, 11) is 0. The smallest absolute Gasteiger partial charge is 0.135 e. The van der Waals surface area contributed by atoms with Gasteiger partial charge in [-0.25, -0.2) is 0 Å². The first kappa shape index (κ1) is 28.0. The standard InChI is InChI=1S/C48H30N2O/c1-5-16-43-37(12-1)38-13-2-6-17-44(38)50(43)36-25-26-46-41(30-36)39-14-3-7-18-45(39)49(46)35-23-20-31(21-24-35)32-10-9-11-33(28-32)34-22-27-48-42(29-34)40-15-4-8-19-47(40)51-48/h1-30H. The Morgan fingerprint density at radius 2 is 0.765 bits per heavy atom. The van der Waals surface area contributed by atoms with Crippen LogP contribution in [-0.2, 0) is 0 Å². The summed E-state index contributed by atoms with van der Waals surface area (Å²) in [6.45, 7) is 0. The summed E-state index contributed by atoms with van der Waals surface area (Å²) >= 11 is 0. The molecule has 11 aromatic rings. The van der Waals surface area contributed by atoms with Gasteiger partial charge < -0.3 is 13.6 Å².